The molecule has 0 aliphatic rings. The highest BCUT2D eigenvalue weighted by atomic mass is 19.1. The van der Waals surface area contributed by atoms with Crippen molar-refractivity contribution in [3.05, 3.63) is 94.9 Å². The van der Waals surface area contributed by atoms with Crippen LogP contribution in [0.25, 0.3) is 10.9 Å². The van der Waals surface area contributed by atoms with E-state index in [-0.39, 0.29) is 18.1 Å². The molecule has 0 aliphatic heterocycles. The molecule has 0 radical (unpaired) electrons. The SMILES string of the molecule is COc1ccc2c(CNCc3ccccc3OC)c(C(=O)O)n(Cc3cccc(F)c3)c2c1. The number of ether oxygens (including phenoxy) is 2. The van der Waals surface area contributed by atoms with Gasteiger partial charge in [-0.3, -0.25) is 0 Å². The summed E-state index contributed by atoms with van der Waals surface area (Å²) >= 11 is 0. The zero-order chi connectivity index (χ0) is 23.4. The summed E-state index contributed by atoms with van der Waals surface area (Å²) in [7, 11) is 3.18. The minimum atomic E-state index is -1.05. The fourth-order valence-corrected chi connectivity index (χ4v) is 4.10. The van der Waals surface area contributed by atoms with E-state index in [1.54, 1.807) is 30.9 Å². The van der Waals surface area contributed by atoms with Gasteiger partial charge in [-0.25, -0.2) is 9.18 Å². The molecule has 0 amide bonds. The van der Waals surface area contributed by atoms with E-state index < -0.39 is 5.97 Å². The fourth-order valence-electron chi connectivity index (χ4n) is 4.10. The summed E-state index contributed by atoms with van der Waals surface area (Å²) in [5, 5.41) is 14.3. The van der Waals surface area contributed by atoms with Gasteiger partial charge in [-0.1, -0.05) is 30.3 Å². The lowest BCUT2D eigenvalue weighted by molar-refractivity contribution is 0.0684. The predicted octanol–water partition coefficient (Wildman–Crippen LogP) is 4.83. The number of fused-ring (bicyclic) bond motifs is 1. The highest BCUT2D eigenvalue weighted by molar-refractivity contribution is 5.98. The van der Waals surface area contributed by atoms with Crippen molar-refractivity contribution in [2.24, 2.45) is 0 Å². The second-order valence-electron chi connectivity index (χ2n) is 7.65. The van der Waals surface area contributed by atoms with Crippen molar-refractivity contribution in [3.8, 4) is 11.5 Å². The van der Waals surface area contributed by atoms with E-state index in [2.05, 4.69) is 5.32 Å². The van der Waals surface area contributed by atoms with Crippen LogP contribution in [0.15, 0.2) is 66.7 Å². The summed E-state index contributed by atoms with van der Waals surface area (Å²) in [6.07, 6.45) is 0. The molecule has 3 aromatic carbocycles. The topological polar surface area (TPSA) is 72.7 Å². The Bertz CT molecular complexity index is 1300. The fraction of sp³-hybridized carbons (Fsp3) is 0.192. The van der Waals surface area contributed by atoms with Gasteiger partial charge < -0.3 is 24.5 Å². The first kappa shape index (κ1) is 22.4. The number of halogens is 1. The molecule has 0 fully saturated rings. The maximum atomic E-state index is 13.8. The second-order valence-corrected chi connectivity index (χ2v) is 7.65. The van der Waals surface area contributed by atoms with Gasteiger partial charge in [-0.2, -0.15) is 0 Å². The first-order valence-corrected chi connectivity index (χ1v) is 10.5. The van der Waals surface area contributed by atoms with Crippen LogP contribution in [0.3, 0.4) is 0 Å². The van der Waals surface area contributed by atoms with Crippen LogP contribution in [0.2, 0.25) is 0 Å². The third-order valence-corrected chi connectivity index (χ3v) is 5.62. The Morgan fingerprint density at radius 1 is 1.00 bits per heavy atom. The number of nitrogens with zero attached hydrogens (tertiary/aromatic N) is 1. The maximum Gasteiger partial charge on any atom is 0.352 e. The summed E-state index contributed by atoms with van der Waals surface area (Å²) in [5.74, 6) is -0.0273. The number of carbonyl (C=O) groups is 1. The zero-order valence-corrected chi connectivity index (χ0v) is 18.5. The Balaban J connectivity index is 1.75. The van der Waals surface area contributed by atoms with Crippen LogP contribution in [0.4, 0.5) is 4.39 Å². The third-order valence-electron chi connectivity index (χ3n) is 5.62. The van der Waals surface area contributed by atoms with Gasteiger partial charge in [0, 0.05) is 42.2 Å². The molecule has 170 valence electrons. The van der Waals surface area contributed by atoms with Gasteiger partial charge in [-0.05, 0) is 35.9 Å². The highest BCUT2D eigenvalue weighted by Crippen LogP contribution is 2.31. The molecule has 0 atom stereocenters. The third kappa shape index (κ3) is 4.68. The van der Waals surface area contributed by atoms with Crippen LogP contribution in [-0.4, -0.2) is 29.9 Å². The van der Waals surface area contributed by atoms with Crippen LogP contribution in [0.1, 0.15) is 27.2 Å². The summed E-state index contributed by atoms with van der Waals surface area (Å²) < 4.78 is 26.3. The van der Waals surface area contributed by atoms with Crippen molar-refractivity contribution in [2.45, 2.75) is 19.6 Å². The van der Waals surface area contributed by atoms with Crippen LogP contribution >= 0.6 is 0 Å². The lowest BCUT2D eigenvalue weighted by Gasteiger charge is -2.11. The number of aromatic nitrogens is 1. The lowest BCUT2D eigenvalue weighted by Crippen LogP contribution is -2.17. The molecule has 1 aromatic heterocycles. The average molecular weight is 448 g/mol. The predicted molar refractivity (Wildman–Crippen MR) is 124 cm³/mol. The average Bonchev–Trinajstić information content (AvgIpc) is 3.12. The monoisotopic (exact) mass is 448 g/mol. The molecular formula is C26H25FN2O4. The number of rotatable bonds is 9. The van der Waals surface area contributed by atoms with E-state index in [0.29, 0.717) is 35.5 Å². The van der Waals surface area contributed by atoms with Crippen molar-refractivity contribution >= 4 is 16.9 Å². The summed E-state index contributed by atoms with van der Waals surface area (Å²) in [6.45, 7) is 1.06. The molecule has 0 spiro atoms. The molecule has 4 aromatic rings. The Morgan fingerprint density at radius 2 is 1.82 bits per heavy atom. The van der Waals surface area contributed by atoms with Gasteiger partial charge >= 0.3 is 5.97 Å². The van der Waals surface area contributed by atoms with Crippen LogP contribution in [0.5, 0.6) is 11.5 Å². The van der Waals surface area contributed by atoms with Crippen LogP contribution in [0, 0.1) is 5.82 Å². The molecule has 2 N–H and O–H groups in total. The van der Waals surface area contributed by atoms with Crippen molar-refractivity contribution in [1.82, 2.24) is 9.88 Å². The lowest BCUT2D eigenvalue weighted by atomic mass is 10.1. The van der Waals surface area contributed by atoms with E-state index in [1.165, 1.54) is 12.1 Å². The van der Waals surface area contributed by atoms with Crippen molar-refractivity contribution in [3.63, 3.8) is 0 Å². The van der Waals surface area contributed by atoms with Crippen molar-refractivity contribution < 1.29 is 23.8 Å². The molecule has 1 heterocycles. The van der Waals surface area contributed by atoms with Gasteiger partial charge in [0.1, 0.15) is 23.0 Å². The van der Waals surface area contributed by atoms with Gasteiger partial charge in [-0.15, -0.1) is 0 Å². The van der Waals surface area contributed by atoms with E-state index in [1.807, 2.05) is 42.5 Å². The highest BCUT2D eigenvalue weighted by Gasteiger charge is 2.23. The number of benzene rings is 3. The van der Waals surface area contributed by atoms with E-state index in [4.69, 9.17) is 9.47 Å². The van der Waals surface area contributed by atoms with Gasteiger partial charge in [0.2, 0.25) is 0 Å². The number of aromatic carboxylic acids is 1. The van der Waals surface area contributed by atoms with Gasteiger partial charge in [0.05, 0.1) is 19.7 Å². The Labute approximate surface area is 191 Å². The molecule has 4 rings (SSSR count). The molecule has 0 saturated heterocycles. The standard InChI is InChI=1S/C26H25FN2O4/c1-32-20-10-11-21-22(15-28-14-18-7-3-4-9-24(18)33-2)25(26(30)31)29(23(21)13-20)16-17-6-5-8-19(27)12-17/h3-13,28H,14-16H2,1-2H3,(H,30,31). The van der Waals surface area contributed by atoms with Gasteiger partial charge in [0.25, 0.3) is 0 Å². The van der Waals surface area contributed by atoms with Crippen LogP contribution in [-0.2, 0) is 19.6 Å². The molecule has 0 unspecified atom stereocenters. The smallest absolute Gasteiger partial charge is 0.352 e. The second kappa shape index (κ2) is 9.75. The zero-order valence-electron chi connectivity index (χ0n) is 18.5. The molecule has 0 aliphatic carbocycles. The summed E-state index contributed by atoms with van der Waals surface area (Å²) in [6, 6.07) is 19.3. The Kier molecular flexibility index (Phi) is 6.60. The molecule has 0 saturated carbocycles. The number of para-hydroxylation sites is 1. The normalized spacial score (nSPS) is 11.0. The molecule has 0 bridgehead atoms. The molecular weight excluding hydrogens is 423 g/mol. The Hall–Kier alpha value is -3.84. The van der Waals surface area contributed by atoms with E-state index in [9.17, 15) is 14.3 Å². The minimum absolute atomic E-state index is 0.162. The molecule has 6 nitrogen and oxygen atoms in total. The quantitative estimate of drug-likeness (QED) is 0.384. The first-order valence-electron chi connectivity index (χ1n) is 10.5. The van der Waals surface area contributed by atoms with Crippen molar-refractivity contribution in [1.29, 1.82) is 0 Å². The largest absolute Gasteiger partial charge is 0.497 e. The van der Waals surface area contributed by atoms with E-state index in [0.717, 1.165) is 16.7 Å². The number of nitrogens with one attached hydrogen (secondary N) is 1. The number of carboxylic acids is 1. The Morgan fingerprint density at radius 3 is 2.55 bits per heavy atom. The first-order chi connectivity index (χ1) is 16.0. The van der Waals surface area contributed by atoms with Gasteiger partial charge in [0.15, 0.2) is 0 Å². The number of carboxylic acid groups (broad SMARTS) is 1. The summed E-state index contributed by atoms with van der Waals surface area (Å²) in [5.41, 5.74) is 3.18. The van der Waals surface area contributed by atoms with E-state index >= 15 is 0 Å². The van der Waals surface area contributed by atoms with Crippen LogP contribution < -0.4 is 14.8 Å². The minimum Gasteiger partial charge on any atom is -0.497 e. The molecule has 7 heteroatoms. The number of hydrogen-bond donors (Lipinski definition) is 2. The number of hydrogen-bond acceptors (Lipinski definition) is 4. The maximum absolute atomic E-state index is 13.8. The van der Waals surface area contributed by atoms with Crippen molar-refractivity contribution in [2.75, 3.05) is 14.2 Å². The number of methoxy groups -OCH3 is 2. The molecule has 33 heavy (non-hydrogen) atoms. The summed E-state index contributed by atoms with van der Waals surface area (Å²) in [4.78, 5) is 12.4.